The van der Waals surface area contributed by atoms with Gasteiger partial charge in [-0.05, 0) is 32.0 Å². The number of benzene rings is 1. The van der Waals surface area contributed by atoms with E-state index >= 15 is 0 Å². The third kappa shape index (κ3) is 4.74. The van der Waals surface area contributed by atoms with E-state index in [4.69, 9.17) is 0 Å². The first-order valence-electron chi connectivity index (χ1n) is 7.03. The van der Waals surface area contributed by atoms with E-state index < -0.39 is 23.3 Å². The lowest BCUT2D eigenvalue weighted by Crippen LogP contribution is -2.43. The second-order valence-corrected chi connectivity index (χ2v) is 6.82. The van der Waals surface area contributed by atoms with Crippen LogP contribution in [0.5, 0.6) is 0 Å². The van der Waals surface area contributed by atoms with Crippen LogP contribution in [0.3, 0.4) is 0 Å². The summed E-state index contributed by atoms with van der Waals surface area (Å²) in [6.07, 6.45) is 0. The zero-order chi connectivity index (χ0) is 17.0. The summed E-state index contributed by atoms with van der Waals surface area (Å²) in [4.78, 5) is 13.9. The molecule has 7 heteroatoms. The summed E-state index contributed by atoms with van der Waals surface area (Å²) in [5.74, 6) is -1.58. The topological polar surface area (TPSA) is 61.4 Å². The van der Waals surface area contributed by atoms with Crippen LogP contribution in [0.4, 0.5) is 13.6 Å². The Bertz CT molecular complexity index is 701. The highest BCUT2D eigenvalue weighted by Crippen LogP contribution is 2.23. The minimum absolute atomic E-state index is 0.0759. The number of hydrogen-bond donors (Lipinski definition) is 3. The third-order valence-electron chi connectivity index (χ3n) is 3.32. The van der Waals surface area contributed by atoms with Gasteiger partial charge in [0.05, 0.1) is 13.1 Å². The molecule has 0 saturated carbocycles. The van der Waals surface area contributed by atoms with Crippen molar-refractivity contribution in [1.29, 1.82) is 0 Å². The lowest BCUT2D eigenvalue weighted by molar-refractivity contribution is 0.0555. The lowest BCUT2D eigenvalue weighted by atomic mass is 9.95. The molecule has 0 saturated heterocycles. The normalized spacial score (nSPS) is 13.4. The standard InChI is InChI=1S/C16H18F2N2O2S/c1-10-3-5-12(23-10)8-19-15(21)20-9-16(2,22)13-6-4-11(17)7-14(13)18/h3-7,22H,8-9H2,1-2H3,(H2,19,20,21). The zero-order valence-electron chi connectivity index (χ0n) is 12.8. The highest BCUT2D eigenvalue weighted by Gasteiger charge is 2.27. The number of hydrogen-bond acceptors (Lipinski definition) is 3. The molecule has 23 heavy (non-hydrogen) atoms. The van der Waals surface area contributed by atoms with Crippen molar-refractivity contribution < 1.29 is 18.7 Å². The number of rotatable bonds is 5. The van der Waals surface area contributed by atoms with Gasteiger partial charge in [-0.3, -0.25) is 0 Å². The molecule has 124 valence electrons. The van der Waals surface area contributed by atoms with Crippen molar-refractivity contribution >= 4 is 17.4 Å². The largest absolute Gasteiger partial charge is 0.383 e. The van der Waals surface area contributed by atoms with E-state index in [0.717, 1.165) is 15.8 Å². The maximum absolute atomic E-state index is 13.7. The molecule has 2 aromatic rings. The molecule has 1 atom stereocenters. The van der Waals surface area contributed by atoms with Crippen molar-refractivity contribution in [2.24, 2.45) is 0 Å². The van der Waals surface area contributed by atoms with Crippen LogP contribution in [0.2, 0.25) is 0 Å². The summed E-state index contributed by atoms with van der Waals surface area (Å²) in [5.41, 5.74) is -1.72. The van der Waals surface area contributed by atoms with Gasteiger partial charge in [-0.2, -0.15) is 0 Å². The van der Waals surface area contributed by atoms with Crippen LogP contribution in [0.1, 0.15) is 22.2 Å². The Morgan fingerprint density at radius 2 is 2.00 bits per heavy atom. The van der Waals surface area contributed by atoms with Gasteiger partial charge >= 0.3 is 6.03 Å². The Morgan fingerprint density at radius 1 is 1.26 bits per heavy atom. The number of aryl methyl sites for hydroxylation is 1. The Balaban J connectivity index is 1.89. The summed E-state index contributed by atoms with van der Waals surface area (Å²) in [6, 6.07) is 6.33. The molecule has 4 nitrogen and oxygen atoms in total. The number of urea groups is 1. The highest BCUT2D eigenvalue weighted by molar-refractivity contribution is 7.11. The Kier molecular flexibility index (Phi) is 5.33. The minimum atomic E-state index is -1.64. The van der Waals surface area contributed by atoms with Gasteiger partial charge in [0.2, 0.25) is 0 Å². The summed E-state index contributed by atoms with van der Waals surface area (Å²) < 4.78 is 26.6. The van der Waals surface area contributed by atoms with Gasteiger partial charge in [0.1, 0.15) is 17.2 Å². The predicted octanol–water partition coefficient (Wildman–Crippen LogP) is 3.04. The molecule has 3 N–H and O–H groups in total. The Morgan fingerprint density at radius 3 is 2.61 bits per heavy atom. The van der Waals surface area contributed by atoms with E-state index in [2.05, 4.69) is 10.6 Å². The van der Waals surface area contributed by atoms with E-state index in [0.29, 0.717) is 12.6 Å². The molecule has 0 aliphatic carbocycles. The first kappa shape index (κ1) is 17.4. The molecule has 0 aliphatic heterocycles. The number of halogens is 2. The molecule has 0 fully saturated rings. The number of carbonyl (C=O) groups is 1. The molecule has 1 unspecified atom stereocenters. The van der Waals surface area contributed by atoms with E-state index in [1.807, 2.05) is 19.1 Å². The predicted molar refractivity (Wildman–Crippen MR) is 85.2 cm³/mol. The van der Waals surface area contributed by atoms with E-state index in [1.54, 1.807) is 11.3 Å². The average molecular weight is 340 g/mol. The van der Waals surface area contributed by atoms with Crippen LogP contribution in [-0.4, -0.2) is 17.7 Å². The van der Waals surface area contributed by atoms with Gasteiger partial charge in [-0.25, -0.2) is 13.6 Å². The quantitative estimate of drug-likeness (QED) is 0.783. The zero-order valence-corrected chi connectivity index (χ0v) is 13.6. The summed E-state index contributed by atoms with van der Waals surface area (Å²) in [5, 5.41) is 15.4. The fourth-order valence-electron chi connectivity index (χ4n) is 2.08. The van der Waals surface area contributed by atoms with Gasteiger partial charge in [0.25, 0.3) is 0 Å². The number of nitrogens with one attached hydrogen (secondary N) is 2. The second-order valence-electron chi connectivity index (χ2n) is 5.45. The van der Waals surface area contributed by atoms with E-state index in [9.17, 15) is 18.7 Å². The molecule has 1 heterocycles. The molecular weight excluding hydrogens is 322 g/mol. The Labute approximate surface area is 137 Å². The molecule has 1 aromatic heterocycles. The van der Waals surface area contributed by atoms with Crippen LogP contribution in [-0.2, 0) is 12.1 Å². The SMILES string of the molecule is Cc1ccc(CNC(=O)NCC(C)(O)c2ccc(F)cc2F)s1. The van der Waals surface area contributed by atoms with Crippen molar-refractivity contribution in [2.75, 3.05) is 6.54 Å². The fraction of sp³-hybridized carbons (Fsp3) is 0.312. The van der Waals surface area contributed by atoms with Gasteiger partial charge in [0.15, 0.2) is 0 Å². The van der Waals surface area contributed by atoms with Gasteiger partial charge in [-0.15, -0.1) is 11.3 Å². The van der Waals surface area contributed by atoms with Gasteiger partial charge < -0.3 is 15.7 Å². The lowest BCUT2D eigenvalue weighted by Gasteiger charge is -2.24. The maximum atomic E-state index is 13.7. The van der Waals surface area contributed by atoms with Crippen molar-refractivity contribution in [2.45, 2.75) is 26.0 Å². The maximum Gasteiger partial charge on any atom is 0.315 e. The molecule has 0 radical (unpaired) electrons. The summed E-state index contributed by atoms with van der Waals surface area (Å²) in [7, 11) is 0. The average Bonchev–Trinajstić information content (AvgIpc) is 2.88. The molecule has 0 bridgehead atoms. The minimum Gasteiger partial charge on any atom is -0.383 e. The second kappa shape index (κ2) is 7.06. The van der Waals surface area contributed by atoms with Crippen molar-refractivity contribution in [3.63, 3.8) is 0 Å². The van der Waals surface area contributed by atoms with E-state index in [-0.39, 0.29) is 12.1 Å². The number of aliphatic hydroxyl groups is 1. The van der Waals surface area contributed by atoms with Gasteiger partial charge in [0, 0.05) is 21.4 Å². The summed E-state index contributed by atoms with van der Waals surface area (Å²) >= 11 is 1.58. The first-order valence-corrected chi connectivity index (χ1v) is 7.84. The third-order valence-corrected chi connectivity index (χ3v) is 4.32. The van der Waals surface area contributed by atoms with E-state index in [1.165, 1.54) is 13.0 Å². The first-order chi connectivity index (χ1) is 10.8. The molecule has 2 amide bonds. The van der Waals surface area contributed by atoms with Crippen molar-refractivity contribution in [1.82, 2.24) is 10.6 Å². The van der Waals surface area contributed by atoms with Crippen LogP contribution in [0.15, 0.2) is 30.3 Å². The smallest absolute Gasteiger partial charge is 0.315 e. The van der Waals surface area contributed by atoms with Crippen molar-refractivity contribution in [3.05, 3.63) is 57.3 Å². The molecule has 1 aromatic carbocycles. The van der Waals surface area contributed by atoms with Crippen molar-refractivity contribution in [3.8, 4) is 0 Å². The van der Waals surface area contributed by atoms with Gasteiger partial charge in [-0.1, -0.05) is 6.07 Å². The number of thiophene rings is 1. The summed E-state index contributed by atoms with van der Waals surface area (Å²) in [6.45, 7) is 3.50. The number of carbonyl (C=O) groups excluding carboxylic acids is 1. The fourth-order valence-corrected chi connectivity index (χ4v) is 2.91. The molecule has 0 spiro atoms. The van der Waals surface area contributed by atoms with Crippen LogP contribution >= 0.6 is 11.3 Å². The number of amides is 2. The van der Waals surface area contributed by atoms with Crippen LogP contribution in [0.25, 0.3) is 0 Å². The Hall–Kier alpha value is -1.99. The van der Waals surface area contributed by atoms with Crippen LogP contribution in [0, 0.1) is 18.6 Å². The molecular formula is C16H18F2N2O2S. The monoisotopic (exact) mass is 340 g/mol. The molecule has 2 rings (SSSR count). The molecule has 0 aliphatic rings. The highest BCUT2D eigenvalue weighted by atomic mass is 32.1. The van der Waals surface area contributed by atoms with Crippen LogP contribution < -0.4 is 10.6 Å².